The Hall–Kier alpha value is -3.73. The number of pyridine rings is 1. The number of fused-ring (bicyclic) bond motifs is 2. The van der Waals surface area contributed by atoms with E-state index in [2.05, 4.69) is 10.3 Å². The maximum Gasteiger partial charge on any atom is 0.328 e. The van der Waals surface area contributed by atoms with Crippen molar-refractivity contribution < 1.29 is 14.3 Å². The van der Waals surface area contributed by atoms with Gasteiger partial charge in [-0.1, -0.05) is 60.7 Å². The Morgan fingerprint density at radius 1 is 0.966 bits per heavy atom. The summed E-state index contributed by atoms with van der Waals surface area (Å²) in [6.45, 7) is 0. The predicted octanol–water partition coefficient (Wildman–Crippen LogP) is 3.90. The molecule has 29 heavy (non-hydrogen) atoms. The van der Waals surface area contributed by atoms with Crippen molar-refractivity contribution in [1.29, 1.82) is 0 Å². The molecule has 144 valence electrons. The van der Waals surface area contributed by atoms with E-state index in [4.69, 9.17) is 4.74 Å². The van der Waals surface area contributed by atoms with Gasteiger partial charge in [0.15, 0.2) is 0 Å². The maximum absolute atomic E-state index is 12.8. The van der Waals surface area contributed by atoms with Gasteiger partial charge in [-0.25, -0.2) is 4.79 Å². The van der Waals surface area contributed by atoms with Crippen molar-refractivity contribution in [3.05, 3.63) is 90.1 Å². The van der Waals surface area contributed by atoms with Gasteiger partial charge in [0.25, 0.3) is 5.91 Å². The number of methoxy groups -OCH3 is 1. The van der Waals surface area contributed by atoms with Crippen molar-refractivity contribution in [2.45, 2.75) is 12.5 Å². The second-order valence-corrected chi connectivity index (χ2v) is 6.81. The van der Waals surface area contributed by atoms with Crippen LogP contribution in [0.15, 0.2) is 79.0 Å². The molecular formula is C24H20N2O3. The highest BCUT2D eigenvalue weighted by Crippen LogP contribution is 2.20. The quantitative estimate of drug-likeness (QED) is 0.530. The predicted molar refractivity (Wildman–Crippen MR) is 113 cm³/mol. The molecule has 0 spiro atoms. The summed E-state index contributed by atoms with van der Waals surface area (Å²) in [5.41, 5.74) is 2.18. The molecule has 0 radical (unpaired) electrons. The van der Waals surface area contributed by atoms with Crippen molar-refractivity contribution in [1.82, 2.24) is 10.3 Å². The summed E-state index contributed by atoms with van der Waals surface area (Å²) in [4.78, 5) is 29.5. The Morgan fingerprint density at radius 3 is 2.52 bits per heavy atom. The van der Waals surface area contributed by atoms with Crippen LogP contribution in [0.2, 0.25) is 0 Å². The molecule has 0 unspecified atom stereocenters. The lowest BCUT2D eigenvalue weighted by Gasteiger charge is -2.18. The third-order valence-corrected chi connectivity index (χ3v) is 4.95. The van der Waals surface area contributed by atoms with E-state index < -0.39 is 12.0 Å². The van der Waals surface area contributed by atoms with Crippen LogP contribution in [0.5, 0.6) is 0 Å². The third-order valence-electron chi connectivity index (χ3n) is 4.95. The Balaban J connectivity index is 1.61. The van der Waals surface area contributed by atoms with Crippen LogP contribution < -0.4 is 5.32 Å². The number of hydrogen-bond acceptors (Lipinski definition) is 4. The zero-order chi connectivity index (χ0) is 20.2. The molecule has 1 amide bonds. The molecule has 4 aromatic rings. The highest BCUT2D eigenvalue weighted by Gasteiger charge is 2.23. The van der Waals surface area contributed by atoms with Crippen molar-refractivity contribution in [3.8, 4) is 0 Å². The van der Waals surface area contributed by atoms with Gasteiger partial charge >= 0.3 is 5.97 Å². The smallest absolute Gasteiger partial charge is 0.328 e. The van der Waals surface area contributed by atoms with Gasteiger partial charge in [-0.2, -0.15) is 0 Å². The number of benzene rings is 3. The third kappa shape index (κ3) is 3.94. The van der Waals surface area contributed by atoms with Crippen LogP contribution in [0.25, 0.3) is 21.7 Å². The first-order valence-corrected chi connectivity index (χ1v) is 9.36. The van der Waals surface area contributed by atoms with Gasteiger partial charge in [-0.3, -0.25) is 9.78 Å². The molecule has 0 aliphatic heterocycles. The topological polar surface area (TPSA) is 68.3 Å². The van der Waals surface area contributed by atoms with Gasteiger partial charge in [0.2, 0.25) is 0 Å². The van der Waals surface area contributed by atoms with Crippen molar-refractivity contribution in [2.24, 2.45) is 0 Å². The first-order valence-electron chi connectivity index (χ1n) is 9.36. The average molecular weight is 384 g/mol. The van der Waals surface area contributed by atoms with Gasteiger partial charge in [-0.05, 0) is 28.5 Å². The molecular weight excluding hydrogens is 364 g/mol. The molecule has 5 nitrogen and oxygen atoms in total. The molecule has 5 heteroatoms. The molecule has 0 aliphatic carbocycles. The Kier molecular flexibility index (Phi) is 5.20. The number of para-hydroxylation sites is 1. The fraction of sp³-hybridized carbons (Fsp3) is 0.125. The van der Waals surface area contributed by atoms with Crippen LogP contribution in [0.3, 0.4) is 0 Å². The van der Waals surface area contributed by atoms with Crippen LogP contribution in [-0.4, -0.2) is 30.0 Å². The first kappa shape index (κ1) is 18.6. The van der Waals surface area contributed by atoms with Gasteiger partial charge in [-0.15, -0.1) is 0 Å². The van der Waals surface area contributed by atoms with E-state index in [1.807, 2.05) is 66.7 Å². The number of aromatic nitrogens is 1. The van der Waals surface area contributed by atoms with E-state index in [1.165, 1.54) is 13.3 Å². The van der Waals surface area contributed by atoms with Crippen molar-refractivity contribution in [3.63, 3.8) is 0 Å². The van der Waals surface area contributed by atoms with Crippen molar-refractivity contribution >= 4 is 33.6 Å². The fourth-order valence-electron chi connectivity index (χ4n) is 3.46. The van der Waals surface area contributed by atoms with E-state index in [0.717, 1.165) is 27.2 Å². The lowest BCUT2D eigenvalue weighted by Crippen LogP contribution is -2.43. The normalized spacial score (nSPS) is 11.9. The zero-order valence-corrected chi connectivity index (χ0v) is 16.0. The SMILES string of the molecule is COC(=O)[C@@H](Cc1cccc2ccccc12)NC(=O)c1cnc2ccccc2c1. The minimum Gasteiger partial charge on any atom is -0.467 e. The van der Waals surface area contributed by atoms with E-state index in [-0.39, 0.29) is 5.91 Å². The maximum atomic E-state index is 12.8. The summed E-state index contributed by atoms with van der Waals surface area (Å²) >= 11 is 0. The number of nitrogens with zero attached hydrogens (tertiary/aromatic N) is 1. The summed E-state index contributed by atoms with van der Waals surface area (Å²) in [7, 11) is 1.32. The van der Waals surface area contributed by atoms with Gasteiger partial charge in [0, 0.05) is 18.0 Å². The number of nitrogens with one attached hydrogen (secondary N) is 1. The Labute approximate surface area is 168 Å². The summed E-state index contributed by atoms with van der Waals surface area (Å²) in [5, 5.41) is 5.80. The number of carbonyl (C=O) groups excluding carboxylic acids is 2. The fourth-order valence-corrected chi connectivity index (χ4v) is 3.46. The number of ether oxygens (including phenoxy) is 1. The number of esters is 1. The highest BCUT2D eigenvalue weighted by atomic mass is 16.5. The summed E-state index contributed by atoms with van der Waals surface area (Å²) < 4.78 is 4.93. The molecule has 0 bridgehead atoms. The molecule has 1 atom stereocenters. The van der Waals surface area contributed by atoms with Crippen LogP contribution >= 0.6 is 0 Å². The lowest BCUT2D eigenvalue weighted by molar-refractivity contribution is -0.142. The van der Waals surface area contributed by atoms with Crippen LogP contribution in [-0.2, 0) is 16.0 Å². The number of carbonyl (C=O) groups is 2. The second-order valence-electron chi connectivity index (χ2n) is 6.81. The lowest BCUT2D eigenvalue weighted by atomic mass is 9.98. The Morgan fingerprint density at radius 2 is 1.69 bits per heavy atom. The molecule has 1 N–H and O–H groups in total. The molecule has 1 heterocycles. The first-order chi connectivity index (χ1) is 14.2. The number of amides is 1. The molecule has 0 aliphatic rings. The molecule has 0 saturated carbocycles. The van der Waals surface area contributed by atoms with Crippen molar-refractivity contribution in [2.75, 3.05) is 7.11 Å². The largest absolute Gasteiger partial charge is 0.467 e. The summed E-state index contributed by atoms with van der Waals surface area (Å²) in [6, 6.07) is 22.4. The van der Waals surface area contributed by atoms with E-state index >= 15 is 0 Å². The van der Waals surface area contributed by atoms with Gasteiger partial charge in [0.05, 0.1) is 18.2 Å². The van der Waals surface area contributed by atoms with Crippen LogP contribution in [0, 0.1) is 0 Å². The number of hydrogen-bond donors (Lipinski definition) is 1. The van der Waals surface area contributed by atoms with Gasteiger partial charge in [0.1, 0.15) is 6.04 Å². The van der Waals surface area contributed by atoms with E-state index in [0.29, 0.717) is 12.0 Å². The molecule has 1 aromatic heterocycles. The summed E-state index contributed by atoms with van der Waals surface area (Å²) in [5.74, 6) is -0.848. The monoisotopic (exact) mass is 384 g/mol. The Bertz CT molecular complexity index is 1200. The molecule has 3 aromatic carbocycles. The van der Waals surface area contributed by atoms with Gasteiger partial charge < -0.3 is 10.1 Å². The second kappa shape index (κ2) is 8.10. The summed E-state index contributed by atoms with van der Waals surface area (Å²) in [6.07, 6.45) is 1.85. The number of rotatable bonds is 5. The minimum atomic E-state index is -0.801. The standard InChI is InChI=1S/C24H20N2O3/c1-29-24(28)22(14-17-10-6-9-16-7-2-4-11-20(16)17)26-23(27)19-13-18-8-3-5-12-21(18)25-15-19/h2-13,15,22H,14H2,1H3,(H,26,27)/t22-/m1/s1. The molecule has 0 fully saturated rings. The van der Waals surface area contributed by atoms with E-state index in [1.54, 1.807) is 6.07 Å². The van der Waals surface area contributed by atoms with E-state index in [9.17, 15) is 9.59 Å². The zero-order valence-electron chi connectivity index (χ0n) is 16.0. The average Bonchev–Trinajstić information content (AvgIpc) is 2.77. The minimum absolute atomic E-state index is 0.334. The van der Waals surface area contributed by atoms with Crippen LogP contribution in [0.4, 0.5) is 0 Å². The highest BCUT2D eigenvalue weighted by molar-refractivity contribution is 5.99. The molecule has 0 saturated heterocycles. The van der Waals surface area contributed by atoms with Crippen LogP contribution in [0.1, 0.15) is 15.9 Å². The molecule has 4 rings (SSSR count).